The van der Waals surface area contributed by atoms with Crippen molar-refractivity contribution in [3.05, 3.63) is 35.9 Å². The van der Waals surface area contributed by atoms with E-state index in [0.717, 1.165) is 5.56 Å². The number of carbonyl (C=O) groups excluding carboxylic acids is 1. The number of carboxylic acid groups (broad SMARTS) is 1. The molecule has 17 heavy (non-hydrogen) atoms. The first-order valence-electron chi connectivity index (χ1n) is 5.17. The van der Waals surface area contributed by atoms with Gasteiger partial charge in [-0.2, -0.15) is 0 Å². The van der Waals surface area contributed by atoms with Gasteiger partial charge < -0.3 is 10.4 Å². The first-order valence-corrected chi connectivity index (χ1v) is 5.17. The van der Waals surface area contributed by atoms with Crippen LogP contribution >= 0.6 is 0 Å². The van der Waals surface area contributed by atoms with Crippen molar-refractivity contribution in [3.8, 4) is 12.3 Å². The molecule has 2 N–H and O–H groups in total. The third-order valence-electron chi connectivity index (χ3n) is 2.30. The van der Waals surface area contributed by atoms with Crippen LogP contribution in [0.1, 0.15) is 12.0 Å². The molecule has 0 heterocycles. The summed E-state index contributed by atoms with van der Waals surface area (Å²) in [4.78, 5) is 21.8. The Labute approximate surface area is 99.7 Å². The fourth-order valence-corrected chi connectivity index (χ4v) is 1.41. The number of aliphatic carboxylic acids is 1. The SMILES string of the molecule is C#CC(=O)N[C@@H](CCc1ccccc1)C(=O)O. The number of benzene rings is 1. The predicted molar refractivity (Wildman–Crippen MR) is 63.2 cm³/mol. The molecule has 0 aromatic heterocycles. The van der Waals surface area contributed by atoms with Crippen LogP contribution in [-0.4, -0.2) is 23.0 Å². The number of rotatable bonds is 5. The van der Waals surface area contributed by atoms with Crippen LogP contribution in [0, 0.1) is 12.3 Å². The normalized spacial score (nSPS) is 11.2. The van der Waals surface area contributed by atoms with E-state index in [2.05, 4.69) is 5.32 Å². The Bertz CT molecular complexity index is 434. The molecule has 0 fully saturated rings. The molecule has 0 unspecified atom stereocenters. The molecule has 1 aromatic rings. The van der Waals surface area contributed by atoms with Gasteiger partial charge in [-0.25, -0.2) is 4.79 Å². The first kappa shape index (κ1) is 12.8. The lowest BCUT2D eigenvalue weighted by Gasteiger charge is -2.12. The highest BCUT2D eigenvalue weighted by Crippen LogP contribution is 2.05. The van der Waals surface area contributed by atoms with Crippen LogP contribution in [-0.2, 0) is 16.0 Å². The van der Waals surface area contributed by atoms with Crippen LogP contribution in [0.3, 0.4) is 0 Å². The molecule has 1 aromatic carbocycles. The lowest BCUT2D eigenvalue weighted by molar-refractivity contribution is -0.141. The van der Waals surface area contributed by atoms with E-state index in [0.29, 0.717) is 12.8 Å². The van der Waals surface area contributed by atoms with Gasteiger partial charge in [0.25, 0.3) is 5.91 Å². The van der Waals surface area contributed by atoms with E-state index >= 15 is 0 Å². The molecule has 4 nitrogen and oxygen atoms in total. The number of hydrogen-bond donors (Lipinski definition) is 2. The van der Waals surface area contributed by atoms with Gasteiger partial charge in [0.15, 0.2) is 0 Å². The molecule has 0 spiro atoms. The number of carboxylic acids is 1. The maximum atomic E-state index is 10.9. The van der Waals surface area contributed by atoms with Crippen LogP contribution in [0.5, 0.6) is 0 Å². The van der Waals surface area contributed by atoms with E-state index in [-0.39, 0.29) is 0 Å². The van der Waals surface area contributed by atoms with Gasteiger partial charge in [0, 0.05) is 0 Å². The highest BCUT2D eigenvalue weighted by molar-refractivity contribution is 5.95. The smallest absolute Gasteiger partial charge is 0.326 e. The second-order valence-corrected chi connectivity index (χ2v) is 3.53. The summed E-state index contributed by atoms with van der Waals surface area (Å²) in [6.45, 7) is 0. The summed E-state index contributed by atoms with van der Waals surface area (Å²) in [7, 11) is 0. The zero-order valence-electron chi connectivity index (χ0n) is 9.22. The van der Waals surface area contributed by atoms with E-state index in [4.69, 9.17) is 11.5 Å². The molecule has 0 bridgehead atoms. The van der Waals surface area contributed by atoms with Crippen LogP contribution in [0.15, 0.2) is 30.3 Å². The van der Waals surface area contributed by atoms with Gasteiger partial charge >= 0.3 is 5.97 Å². The molecule has 88 valence electrons. The molecule has 4 heteroatoms. The number of hydrogen-bond acceptors (Lipinski definition) is 2. The molecular formula is C13H13NO3. The summed E-state index contributed by atoms with van der Waals surface area (Å²) in [6.07, 6.45) is 5.76. The van der Waals surface area contributed by atoms with Gasteiger partial charge in [-0.3, -0.25) is 4.79 Å². The van der Waals surface area contributed by atoms with Crippen LogP contribution in [0.4, 0.5) is 0 Å². The van der Waals surface area contributed by atoms with Crippen molar-refractivity contribution in [1.82, 2.24) is 5.32 Å². The Morgan fingerprint density at radius 2 is 2.00 bits per heavy atom. The largest absolute Gasteiger partial charge is 0.480 e. The second kappa shape index (κ2) is 6.33. The molecule has 0 aliphatic heterocycles. The first-order chi connectivity index (χ1) is 8.13. The highest BCUT2D eigenvalue weighted by atomic mass is 16.4. The minimum absolute atomic E-state index is 0.312. The summed E-state index contributed by atoms with van der Waals surface area (Å²) in [5, 5.41) is 11.2. The molecule has 0 aliphatic rings. The van der Waals surface area contributed by atoms with Crippen LogP contribution in [0.25, 0.3) is 0 Å². The number of terminal acetylenes is 1. The highest BCUT2D eigenvalue weighted by Gasteiger charge is 2.18. The van der Waals surface area contributed by atoms with Gasteiger partial charge in [0.05, 0.1) is 0 Å². The maximum absolute atomic E-state index is 10.9. The minimum Gasteiger partial charge on any atom is -0.480 e. The van der Waals surface area contributed by atoms with Crippen molar-refractivity contribution in [2.45, 2.75) is 18.9 Å². The Morgan fingerprint density at radius 1 is 1.35 bits per heavy atom. The van der Waals surface area contributed by atoms with Crippen molar-refractivity contribution >= 4 is 11.9 Å². The minimum atomic E-state index is -1.08. The topological polar surface area (TPSA) is 66.4 Å². The van der Waals surface area contributed by atoms with Crippen molar-refractivity contribution in [2.75, 3.05) is 0 Å². The maximum Gasteiger partial charge on any atom is 0.326 e. The number of amides is 1. The number of carbonyl (C=O) groups is 2. The zero-order valence-corrected chi connectivity index (χ0v) is 9.22. The van der Waals surface area contributed by atoms with E-state index in [1.54, 1.807) is 0 Å². The molecule has 1 atom stereocenters. The molecule has 1 rings (SSSR count). The van der Waals surface area contributed by atoms with Gasteiger partial charge in [-0.15, -0.1) is 6.42 Å². The summed E-state index contributed by atoms with van der Waals surface area (Å²) in [6, 6.07) is 8.51. The van der Waals surface area contributed by atoms with E-state index in [9.17, 15) is 9.59 Å². The summed E-state index contributed by atoms with van der Waals surface area (Å²) >= 11 is 0. The van der Waals surface area contributed by atoms with E-state index in [1.165, 1.54) is 0 Å². The number of nitrogens with one attached hydrogen (secondary N) is 1. The fourth-order valence-electron chi connectivity index (χ4n) is 1.41. The van der Waals surface area contributed by atoms with Crippen molar-refractivity contribution in [2.24, 2.45) is 0 Å². The van der Waals surface area contributed by atoms with Crippen LogP contribution < -0.4 is 5.32 Å². The predicted octanol–water partition coefficient (Wildman–Crippen LogP) is 0.822. The Morgan fingerprint density at radius 3 is 2.53 bits per heavy atom. The number of aryl methyl sites for hydroxylation is 1. The lowest BCUT2D eigenvalue weighted by atomic mass is 10.1. The average molecular weight is 231 g/mol. The zero-order chi connectivity index (χ0) is 12.7. The van der Waals surface area contributed by atoms with Gasteiger partial charge in [0.2, 0.25) is 0 Å². The van der Waals surface area contributed by atoms with Gasteiger partial charge in [-0.05, 0) is 24.3 Å². The summed E-state index contributed by atoms with van der Waals surface area (Å²) in [5.74, 6) is 0.0527. The molecule has 0 radical (unpaired) electrons. The van der Waals surface area contributed by atoms with Crippen molar-refractivity contribution < 1.29 is 14.7 Å². The third kappa shape index (κ3) is 4.39. The van der Waals surface area contributed by atoms with Crippen molar-refractivity contribution in [3.63, 3.8) is 0 Å². The third-order valence-corrected chi connectivity index (χ3v) is 2.30. The van der Waals surface area contributed by atoms with E-state index in [1.807, 2.05) is 36.3 Å². The van der Waals surface area contributed by atoms with Crippen molar-refractivity contribution in [1.29, 1.82) is 0 Å². The molecule has 0 aliphatic carbocycles. The fraction of sp³-hybridized carbons (Fsp3) is 0.231. The molecule has 0 saturated heterocycles. The van der Waals surface area contributed by atoms with Gasteiger partial charge in [0.1, 0.15) is 6.04 Å². The standard InChI is InChI=1S/C13H13NO3/c1-2-12(15)14-11(13(16)17)9-8-10-6-4-3-5-7-10/h1,3-7,11H,8-9H2,(H,14,15)(H,16,17)/t11-/m0/s1. The Kier molecular flexibility index (Phi) is 4.77. The Balaban J connectivity index is 2.54. The van der Waals surface area contributed by atoms with Gasteiger partial charge in [-0.1, -0.05) is 30.3 Å². The van der Waals surface area contributed by atoms with E-state index < -0.39 is 17.9 Å². The Hall–Kier alpha value is -2.28. The quantitative estimate of drug-likeness (QED) is 0.737. The molecule has 1 amide bonds. The molecular weight excluding hydrogens is 218 g/mol. The average Bonchev–Trinajstić information content (AvgIpc) is 2.35. The van der Waals surface area contributed by atoms with Crippen LogP contribution in [0.2, 0.25) is 0 Å². The lowest BCUT2D eigenvalue weighted by Crippen LogP contribution is -2.40. The second-order valence-electron chi connectivity index (χ2n) is 3.53. The summed E-state index contributed by atoms with van der Waals surface area (Å²) in [5.41, 5.74) is 1.02. The molecule has 0 saturated carbocycles. The monoisotopic (exact) mass is 231 g/mol. The summed E-state index contributed by atoms with van der Waals surface area (Å²) < 4.78 is 0.